The van der Waals surface area contributed by atoms with Gasteiger partial charge in [-0.25, -0.2) is 9.97 Å². The molecule has 0 aliphatic heterocycles. The number of benzene rings is 1. The van der Waals surface area contributed by atoms with E-state index in [4.69, 9.17) is 4.98 Å². The number of hydrogen-bond donors (Lipinski definition) is 0. The molecule has 0 fully saturated rings. The molecule has 4 nitrogen and oxygen atoms in total. The minimum Gasteiger partial charge on any atom is -0.294 e. The van der Waals surface area contributed by atoms with Gasteiger partial charge < -0.3 is 0 Å². The number of carbonyl (C=O) groups excluding carboxylic acids is 1. The molecule has 3 aromatic rings. The smallest absolute Gasteiger partial charge is 0.162 e. The lowest BCUT2D eigenvalue weighted by molar-refractivity contribution is 0.101. The van der Waals surface area contributed by atoms with Crippen LogP contribution in [0.5, 0.6) is 0 Å². The van der Waals surface area contributed by atoms with Crippen LogP contribution in [0.15, 0.2) is 18.3 Å². The number of fused-ring (bicyclic) bond motifs is 3. The number of aromatic nitrogens is 3. The summed E-state index contributed by atoms with van der Waals surface area (Å²) in [5.41, 5.74) is 4.34. The highest BCUT2D eigenvalue weighted by Gasteiger charge is 2.15. The van der Waals surface area contributed by atoms with E-state index in [1.54, 1.807) is 6.92 Å². The lowest BCUT2D eigenvalue weighted by Gasteiger charge is -2.09. The average molecular weight is 267 g/mol. The normalized spacial score (nSPS) is 11.4. The van der Waals surface area contributed by atoms with Gasteiger partial charge in [-0.2, -0.15) is 0 Å². The molecular weight excluding hydrogens is 250 g/mol. The zero-order valence-corrected chi connectivity index (χ0v) is 12.2. The molecular formula is C16H17N3O. The second-order valence-electron chi connectivity index (χ2n) is 5.22. The summed E-state index contributed by atoms with van der Waals surface area (Å²) in [6.07, 6.45) is 2.80. The number of aryl methyl sites for hydroxylation is 3. The first-order valence-electron chi connectivity index (χ1n) is 6.81. The Labute approximate surface area is 117 Å². The number of imidazole rings is 1. The summed E-state index contributed by atoms with van der Waals surface area (Å²) < 4.78 is 2.03. The van der Waals surface area contributed by atoms with Crippen molar-refractivity contribution in [3.63, 3.8) is 0 Å². The molecule has 0 atom stereocenters. The van der Waals surface area contributed by atoms with Crippen LogP contribution in [0.3, 0.4) is 0 Å². The fourth-order valence-corrected chi connectivity index (χ4v) is 2.65. The van der Waals surface area contributed by atoms with Crippen molar-refractivity contribution in [1.82, 2.24) is 14.4 Å². The van der Waals surface area contributed by atoms with Gasteiger partial charge in [-0.15, -0.1) is 0 Å². The third-order valence-electron chi connectivity index (χ3n) is 3.54. The van der Waals surface area contributed by atoms with E-state index < -0.39 is 0 Å². The zero-order chi connectivity index (χ0) is 14.4. The van der Waals surface area contributed by atoms with E-state index in [0.717, 1.165) is 40.1 Å². The summed E-state index contributed by atoms with van der Waals surface area (Å²) >= 11 is 0. The summed E-state index contributed by atoms with van der Waals surface area (Å²) in [7, 11) is 0. The van der Waals surface area contributed by atoms with E-state index in [2.05, 4.69) is 18.0 Å². The largest absolute Gasteiger partial charge is 0.294 e. The van der Waals surface area contributed by atoms with Crippen molar-refractivity contribution in [2.24, 2.45) is 0 Å². The van der Waals surface area contributed by atoms with Gasteiger partial charge in [-0.05, 0) is 38.5 Å². The SMILES string of the molecule is CCc1nc2c(C(C)=O)cc(C)cc2c2nc(C)cn12. The van der Waals surface area contributed by atoms with Crippen LogP contribution in [0.2, 0.25) is 0 Å². The van der Waals surface area contributed by atoms with Crippen LogP contribution < -0.4 is 0 Å². The number of hydrogen-bond acceptors (Lipinski definition) is 3. The highest BCUT2D eigenvalue weighted by Crippen LogP contribution is 2.25. The lowest BCUT2D eigenvalue weighted by Crippen LogP contribution is -2.04. The van der Waals surface area contributed by atoms with Crippen molar-refractivity contribution < 1.29 is 4.79 Å². The molecule has 4 heteroatoms. The molecule has 0 aliphatic carbocycles. The highest BCUT2D eigenvalue weighted by atomic mass is 16.1. The second kappa shape index (κ2) is 4.40. The Kier molecular flexibility index (Phi) is 2.82. The fourth-order valence-electron chi connectivity index (χ4n) is 2.65. The van der Waals surface area contributed by atoms with Crippen LogP contribution in [0.1, 0.15) is 41.3 Å². The van der Waals surface area contributed by atoms with Crippen molar-refractivity contribution >= 4 is 22.3 Å². The molecule has 0 aliphatic rings. The molecule has 3 rings (SSSR count). The maximum Gasteiger partial charge on any atom is 0.162 e. The van der Waals surface area contributed by atoms with Gasteiger partial charge in [-0.3, -0.25) is 9.20 Å². The molecule has 0 spiro atoms. The Hall–Kier alpha value is -2.23. The van der Waals surface area contributed by atoms with Crippen molar-refractivity contribution in [2.75, 3.05) is 0 Å². The summed E-state index contributed by atoms with van der Waals surface area (Å²) in [4.78, 5) is 21.2. The van der Waals surface area contributed by atoms with Gasteiger partial charge in [0.25, 0.3) is 0 Å². The van der Waals surface area contributed by atoms with Gasteiger partial charge in [0.15, 0.2) is 5.78 Å². The molecule has 2 aromatic heterocycles. The zero-order valence-electron chi connectivity index (χ0n) is 12.2. The van der Waals surface area contributed by atoms with E-state index in [9.17, 15) is 4.79 Å². The second-order valence-corrected chi connectivity index (χ2v) is 5.22. The molecule has 0 saturated carbocycles. The van der Waals surface area contributed by atoms with Gasteiger partial charge >= 0.3 is 0 Å². The summed E-state index contributed by atoms with van der Waals surface area (Å²) in [5.74, 6) is 0.973. The molecule has 0 bridgehead atoms. The monoisotopic (exact) mass is 267 g/mol. The molecule has 102 valence electrons. The van der Waals surface area contributed by atoms with Gasteiger partial charge in [0.05, 0.1) is 11.2 Å². The number of ketones is 1. The Bertz CT molecular complexity index is 846. The Morgan fingerprint density at radius 2 is 2.00 bits per heavy atom. The number of nitrogens with zero attached hydrogens (tertiary/aromatic N) is 3. The quantitative estimate of drug-likeness (QED) is 0.669. The Morgan fingerprint density at radius 3 is 2.65 bits per heavy atom. The van der Waals surface area contributed by atoms with Gasteiger partial charge in [-0.1, -0.05) is 6.92 Å². The van der Waals surface area contributed by atoms with Crippen LogP contribution in [-0.4, -0.2) is 20.2 Å². The third kappa shape index (κ3) is 1.80. The van der Waals surface area contributed by atoms with E-state index in [-0.39, 0.29) is 5.78 Å². The molecule has 0 saturated heterocycles. The lowest BCUT2D eigenvalue weighted by atomic mass is 10.0. The molecule has 2 heterocycles. The number of rotatable bonds is 2. The Balaban J connectivity index is 2.57. The average Bonchev–Trinajstić information content (AvgIpc) is 2.78. The topological polar surface area (TPSA) is 47.3 Å². The first-order valence-corrected chi connectivity index (χ1v) is 6.81. The van der Waals surface area contributed by atoms with Crippen LogP contribution in [0, 0.1) is 13.8 Å². The van der Waals surface area contributed by atoms with Gasteiger partial charge in [0.1, 0.15) is 11.5 Å². The van der Waals surface area contributed by atoms with Crippen molar-refractivity contribution in [3.8, 4) is 0 Å². The van der Waals surface area contributed by atoms with Gasteiger partial charge in [0, 0.05) is 23.6 Å². The summed E-state index contributed by atoms with van der Waals surface area (Å²) in [5, 5.41) is 0.945. The van der Waals surface area contributed by atoms with Crippen LogP contribution >= 0.6 is 0 Å². The molecule has 20 heavy (non-hydrogen) atoms. The maximum atomic E-state index is 11.9. The van der Waals surface area contributed by atoms with Crippen molar-refractivity contribution in [2.45, 2.75) is 34.1 Å². The number of carbonyl (C=O) groups is 1. The first-order chi connectivity index (χ1) is 9.51. The van der Waals surface area contributed by atoms with E-state index >= 15 is 0 Å². The fraction of sp³-hybridized carbons (Fsp3) is 0.312. The summed E-state index contributed by atoms with van der Waals surface area (Å²) in [6.45, 7) is 7.61. The minimum absolute atomic E-state index is 0.0425. The van der Waals surface area contributed by atoms with Crippen LogP contribution in [0.25, 0.3) is 16.6 Å². The summed E-state index contributed by atoms with van der Waals surface area (Å²) in [6, 6.07) is 3.96. The number of Topliss-reactive ketones (excluding diaryl/α,β-unsaturated/α-hetero) is 1. The predicted octanol–water partition coefficient (Wildman–Crippen LogP) is 3.26. The predicted molar refractivity (Wildman–Crippen MR) is 79.3 cm³/mol. The van der Waals surface area contributed by atoms with Gasteiger partial charge in [0.2, 0.25) is 0 Å². The van der Waals surface area contributed by atoms with Crippen molar-refractivity contribution in [3.05, 3.63) is 41.0 Å². The standard InChI is InChI=1S/C16H17N3O/c1-5-14-18-15-12(11(4)20)6-9(2)7-13(15)16-17-10(3)8-19(14)16/h6-8H,5H2,1-4H3. The maximum absolute atomic E-state index is 11.9. The van der Waals surface area contributed by atoms with E-state index in [1.807, 2.05) is 30.5 Å². The Morgan fingerprint density at radius 1 is 1.25 bits per heavy atom. The molecule has 0 unspecified atom stereocenters. The van der Waals surface area contributed by atoms with E-state index in [1.165, 1.54) is 0 Å². The highest BCUT2D eigenvalue weighted by molar-refractivity contribution is 6.08. The third-order valence-corrected chi connectivity index (χ3v) is 3.54. The molecule has 0 amide bonds. The van der Waals surface area contributed by atoms with Crippen molar-refractivity contribution in [1.29, 1.82) is 0 Å². The molecule has 1 aromatic carbocycles. The minimum atomic E-state index is 0.0425. The van der Waals surface area contributed by atoms with E-state index in [0.29, 0.717) is 5.56 Å². The van der Waals surface area contributed by atoms with Crippen LogP contribution in [0.4, 0.5) is 0 Å². The van der Waals surface area contributed by atoms with Crippen LogP contribution in [-0.2, 0) is 6.42 Å². The molecule has 0 N–H and O–H groups in total. The first kappa shape index (κ1) is 12.8. The molecule has 0 radical (unpaired) electrons.